The van der Waals surface area contributed by atoms with Crippen LogP contribution in [0.15, 0.2) is 11.6 Å². The molecule has 3 unspecified atom stereocenters. The minimum atomic E-state index is 0.368. The van der Waals surface area contributed by atoms with E-state index in [1.807, 2.05) is 0 Å². The van der Waals surface area contributed by atoms with Crippen molar-refractivity contribution in [3.8, 4) is 0 Å². The van der Waals surface area contributed by atoms with E-state index in [1.54, 1.807) is 0 Å². The van der Waals surface area contributed by atoms with Crippen LogP contribution in [0.1, 0.15) is 13.3 Å². The number of aliphatic hydroxyl groups excluding tert-OH is 1. The Morgan fingerprint density at radius 1 is 1.78 bits per heavy atom. The van der Waals surface area contributed by atoms with Gasteiger partial charge < -0.3 is 5.11 Å². The maximum atomic E-state index is 8.84. The van der Waals surface area contributed by atoms with Gasteiger partial charge in [0.05, 0.1) is 0 Å². The van der Waals surface area contributed by atoms with Crippen LogP contribution in [0.5, 0.6) is 0 Å². The lowest BCUT2D eigenvalue weighted by atomic mass is 10.0. The van der Waals surface area contributed by atoms with E-state index in [1.165, 1.54) is 12.0 Å². The fourth-order valence-electron chi connectivity index (χ4n) is 1.97. The highest BCUT2D eigenvalue weighted by Gasteiger charge is 2.42. The molecule has 2 aliphatic rings. The molecule has 0 saturated heterocycles. The van der Waals surface area contributed by atoms with Crippen LogP contribution < -0.4 is 0 Å². The summed E-state index contributed by atoms with van der Waals surface area (Å²) in [5, 5.41) is 8.84. The summed E-state index contributed by atoms with van der Waals surface area (Å²) in [6.07, 6.45) is 3.52. The van der Waals surface area contributed by atoms with Gasteiger partial charge in [0, 0.05) is 18.4 Å². The van der Waals surface area contributed by atoms with E-state index in [9.17, 15) is 0 Å². The van der Waals surface area contributed by atoms with Gasteiger partial charge in [0.2, 0.25) is 0 Å². The summed E-state index contributed by atoms with van der Waals surface area (Å²) in [7, 11) is 0. The summed E-state index contributed by atoms with van der Waals surface area (Å²) >= 11 is 0. The summed E-state index contributed by atoms with van der Waals surface area (Å²) in [6, 6.07) is 0. The molecular weight excluding hydrogens is 112 g/mol. The summed E-state index contributed by atoms with van der Waals surface area (Å²) < 4.78 is 0. The normalized spacial score (nSPS) is 46.4. The third-order valence-corrected chi connectivity index (χ3v) is 2.61. The average molecular weight is 124 g/mol. The molecule has 0 amide bonds. The van der Waals surface area contributed by atoms with E-state index in [0.29, 0.717) is 12.5 Å². The van der Waals surface area contributed by atoms with Crippen molar-refractivity contribution >= 4 is 0 Å². The Morgan fingerprint density at radius 2 is 2.56 bits per heavy atom. The van der Waals surface area contributed by atoms with Gasteiger partial charge in [-0.3, -0.25) is 0 Å². The lowest BCUT2D eigenvalue weighted by Gasteiger charge is -2.04. The standard InChI is InChI=1S/C8H12O/c1-5-2-6(4-9)8-3-7(5)8/h3,5-7,9H,2,4H2,1H3. The molecule has 1 fully saturated rings. The minimum absolute atomic E-state index is 0.368. The Balaban J connectivity index is 2.07. The number of aliphatic hydroxyl groups is 1. The zero-order valence-electron chi connectivity index (χ0n) is 5.67. The fourth-order valence-corrected chi connectivity index (χ4v) is 1.97. The summed E-state index contributed by atoms with van der Waals surface area (Å²) in [5.41, 5.74) is 1.53. The van der Waals surface area contributed by atoms with Gasteiger partial charge in [0.1, 0.15) is 0 Å². The molecule has 0 radical (unpaired) electrons. The van der Waals surface area contributed by atoms with Crippen LogP contribution in [0.2, 0.25) is 0 Å². The number of fused-ring (bicyclic) bond motifs is 1. The van der Waals surface area contributed by atoms with Gasteiger partial charge in [-0.25, -0.2) is 0 Å². The predicted molar refractivity (Wildman–Crippen MR) is 35.9 cm³/mol. The Bertz CT molecular complexity index is 160. The van der Waals surface area contributed by atoms with Crippen LogP contribution in [-0.2, 0) is 0 Å². The van der Waals surface area contributed by atoms with Gasteiger partial charge in [-0.05, 0) is 12.3 Å². The minimum Gasteiger partial charge on any atom is -0.396 e. The first-order valence-corrected chi connectivity index (χ1v) is 3.65. The highest BCUT2D eigenvalue weighted by Crippen LogP contribution is 2.51. The molecule has 1 saturated carbocycles. The molecule has 0 heterocycles. The maximum absolute atomic E-state index is 8.84. The molecule has 0 spiro atoms. The van der Waals surface area contributed by atoms with Crippen LogP contribution in [0.3, 0.4) is 0 Å². The fraction of sp³-hybridized carbons (Fsp3) is 0.750. The van der Waals surface area contributed by atoms with Crippen molar-refractivity contribution in [1.29, 1.82) is 0 Å². The highest BCUT2D eigenvalue weighted by molar-refractivity contribution is 5.36. The molecule has 0 bridgehead atoms. The molecule has 0 aromatic carbocycles. The van der Waals surface area contributed by atoms with Crippen LogP contribution in [0, 0.1) is 17.8 Å². The van der Waals surface area contributed by atoms with E-state index in [4.69, 9.17) is 5.11 Å². The summed E-state index contributed by atoms with van der Waals surface area (Å²) in [6.45, 7) is 2.64. The van der Waals surface area contributed by atoms with Crippen molar-refractivity contribution in [1.82, 2.24) is 0 Å². The van der Waals surface area contributed by atoms with Gasteiger partial charge in [-0.1, -0.05) is 18.6 Å². The third kappa shape index (κ3) is 0.645. The first-order chi connectivity index (χ1) is 4.33. The van der Waals surface area contributed by atoms with Crippen LogP contribution >= 0.6 is 0 Å². The zero-order chi connectivity index (χ0) is 6.43. The van der Waals surface area contributed by atoms with E-state index >= 15 is 0 Å². The SMILES string of the molecule is CC1CC(CO)C2=CC21. The Kier molecular flexibility index (Phi) is 0.974. The van der Waals surface area contributed by atoms with Gasteiger partial charge in [-0.15, -0.1) is 0 Å². The third-order valence-electron chi connectivity index (χ3n) is 2.61. The van der Waals surface area contributed by atoms with Gasteiger partial charge in [0.25, 0.3) is 0 Å². The number of rotatable bonds is 1. The second-order valence-corrected chi connectivity index (χ2v) is 3.28. The Morgan fingerprint density at radius 3 is 2.78 bits per heavy atom. The molecule has 1 heteroatoms. The zero-order valence-corrected chi connectivity index (χ0v) is 5.67. The summed E-state index contributed by atoms with van der Waals surface area (Å²) in [5.74, 6) is 2.14. The van der Waals surface area contributed by atoms with E-state index in [0.717, 1.165) is 11.8 Å². The number of hydrogen-bond acceptors (Lipinski definition) is 1. The molecule has 0 aromatic rings. The largest absolute Gasteiger partial charge is 0.396 e. The summed E-state index contributed by atoms with van der Waals surface area (Å²) in [4.78, 5) is 0. The molecule has 2 rings (SSSR count). The molecule has 0 aliphatic heterocycles. The molecule has 9 heavy (non-hydrogen) atoms. The first kappa shape index (κ1) is 5.48. The number of allylic oxidation sites excluding steroid dienone is 1. The van der Waals surface area contributed by atoms with Crippen LogP contribution in [0.4, 0.5) is 0 Å². The topological polar surface area (TPSA) is 20.2 Å². The monoisotopic (exact) mass is 124 g/mol. The van der Waals surface area contributed by atoms with Crippen molar-refractivity contribution in [2.24, 2.45) is 17.8 Å². The molecule has 1 N–H and O–H groups in total. The maximum Gasteiger partial charge on any atom is 0.0496 e. The van der Waals surface area contributed by atoms with Crippen molar-refractivity contribution < 1.29 is 5.11 Å². The first-order valence-electron chi connectivity index (χ1n) is 3.65. The Labute approximate surface area is 55.4 Å². The second-order valence-electron chi connectivity index (χ2n) is 3.28. The lowest BCUT2D eigenvalue weighted by molar-refractivity contribution is 0.243. The quantitative estimate of drug-likeness (QED) is 0.520. The van der Waals surface area contributed by atoms with Crippen LogP contribution in [0.25, 0.3) is 0 Å². The lowest BCUT2D eigenvalue weighted by Crippen LogP contribution is -2.01. The van der Waals surface area contributed by atoms with Crippen molar-refractivity contribution in [2.75, 3.05) is 6.61 Å². The highest BCUT2D eigenvalue weighted by atomic mass is 16.3. The van der Waals surface area contributed by atoms with Crippen molar-refractivity contribution in [3.63, 3.8) is 0 Å². The molecule has 0 aromatic heterocycles. The second kappa shape index (κ2) is 1.60. The smallest absolute Gasteiger partial charge is 0.0496 e. The Hall–Kier alpha value is -0.300. The molecule has 2 aliphatic carbocycles. The molecule has 50 valence electrons. The van der Waals surface area contributed by atoms with Crippen molar-refractivity contribution in [2.45, 2.75) is 13.3 Å². The van der Waals surface area contributed by atoms with E-state index < -0.39 is 0 Å². The van der Waals surface area contributed by atoms with Crippen LogP contribution in [-0.4, -0.2) is 11.7 Å². The van der Waals surface area contributed by atoms with E-state index in [-0.39, 0.29) is 0 Å². The van der Waals surface area contributed by atoms with Crippen molar-refractivity contribution in [3.05, 3.63) is 11.6 Å². The van der Waals surface area contributed by atoms with Gasteiger partial charge >= 0.3 is 0 Å². The molecular formula is C8H12O. The average Bonchev–Trinajstić information content (AvgIpc) is 2.56. The molecule has 1 nitrogen and oxygen atoms in total. The predicted octanol–water partition coefficient (Wildman–Crippen LogP) is 1.19. The van der Waals surface area contributed by atoms with Gasteiger partial charge in [-0.2, -0.15) is 0 Å². The van der Waals surface area contributed by atoms with Gasteiger partial charge in [0.15, 0.2) is 0 Å². The van der Waals surface area contributed by atoms with E-state index in [2.05, 4.69) is 13.0 Å². The molecule has 3 atom stereocenters. The number of hydrogen-bond donors (Lipinski definition) is 1.